The van der Waals surface area contributed by atoms with E-state index in [0.717, 1.165) is 11.1 Å². The summed E-state index contributed by atoms with van der Waals surface area (Å²) < 4.78 is 14.8. The Balaban J connectivity index is 1.79. The van der Waals surface area contributed by atoms with Crippen molar-refractivity contribution in [3.8, 4) is 11.4 Å². The largest absolute Gasteiger partial charge is 0.370 e. The number of nitrogens with two attached hydrogens (primary N) is 1. The Kier molecular flexibility index (Phi) is 3.04. The molecule has 0 aliphatic carbocycles. The second-order valence-corrected chi connectivity index (χ2v) is 5.13. The lowest BCUT2D eigenvalue weighted by Gasteiger charge is -2.21. The van der Waals surface area contributed by atoms with Crippen LogP contribution in [0.1, 0.15) is 11.7 Å². The molecule has 7 heteroatoms. The van der Waals surface area contributed by atoms with Gasteiger partial charge in [0.15, 0.2) is 17.9 Å². The van der Waals surface area contributed by atoms with Crippen molar-refractivity contribution >= 4 is 11.9 Å². The number of benzene rings is 2. The lowest BCUT2D eigenvalue weighted by Crippen LogP contribution is -2.32. The maximum atomic E-state index is 13.1. The Morgan fingerprint density at radius 2 is 1.78 bits per heavy atom. The number of hydrogen-bond donors (Lipinski definition) is 2. The van der Waals surface area contributed by atoms with Crippen molar-refractivity contribution in [2.24, 2.45) is 10.7 Å². The normalized spacial score (nSPS) is 16.4. The average molecular weight is 308 g/mol. The Bertz CT molecular complexity index is 869. The van der Waals surface area contributed by atoms with Crippen molar-refractivity contribution in [3.63, 3.8) is 0 Å². The molecule has 1 unspecified atom stereocenters. The molecule has 0 saturated carbocycles. The number of guanidine groups is 1. The predicted molar refractivity (Wildman–Crippen MR) is 85.2 cm³/mol. The van der Waals surface area contributed by atoms with E-state index >= 15 is 0 Å². The van der Waals surface area contributed by atoms with Gasteiger partial charge in [-0.1, -0.05) is 42.5 Å². The summed E-state index contributed by atoms with van der Waals surface area (Å²) in [4.78, 5) is 8.82. The minimum Gasteiger partial charge on any atom is -0.370 e. The number of nitrogens with zero attached hydrogens (tertiary/aromatic N) is 4. The monoisotopic (exact) mass is 308 g/mol. The summed E-state index contributed by atoms with van der Waals surface area (Å²) in [6.45, 7) is 0. The summed E-state index contributed by atoms with van der Waals surface area (Å²) in [7, 11) is 0. The van der Waals surface area contributed by atoms with Crippen molar-refractivity contribution in [3.05, 3.63) is 66.0 Å². The summed E-state index contributed by atoms with van der Waals surface area (Å²) in [5.74, 6) is 1.03. The van der Waals surface area contributed by atoms with Crippen LogP contribution in [0.5, 0.6) is 0 Å². The fourth-order valence-corrected chi connectivity index (χ4v) is 2.47. The molecule has 0 bridgehead atoms. The van der Waals surface area contributed by atoms with Crippen molar-refractivity contribution in [1.29, 1.82) is 0 Å². The fourth-order valence-electron chi connectivity index (χ4n) is 2.47. The predicted octanol–water partition coefficient (Wildman–Crippen LogP) is 2.37. The van der Waals surface area contributed by atoms with Crippen LogP contribution in [0.25, 0.3) is 11.4 Å². The lowest BCUT2D eigenvalue weighted by atomic mass is 10.1. The third-order valence-corrected chi connectivity index (χ3v) is 3.56. The Hall–Kier alpha value is -3.22. The van der Waals surface area contributed by atoms with Gasteiger partial charge < -0.3 is 5.73 Å². The first-order valence-corrected chi connectivity index (χ1v) is 7.08. The van der Waals surface area contributed by atoms with Gasteiger partial charge in [0.2, 0.25) is 5.95 Å². The van der Waals surface area contributed by atoms with E-state index in [1.807, 2.05) is 30.3 Å². The van der Waals surface area contributed by atoms with Crippen molar-refractivity contribution in [1.82, 2.24) is 14.8 Å². The molecule has 0 fully saturated rings. The highest BCUT2D eigenvalue weighted by Gasteiger charge is 2.25. The highest BCUT2D eigenvalue weighted by atomic mass is 19.1. The third kappa shape index (κ3) is 2.42. The maximum absolute atomic E-state index is 13.1. The van der Waals surface area contributed by atoms with Gasteiger partial charge in [-0.15, -0.1) is 5.10 Å². The van der Waals surface area contributed by atoms with Gasteiger partial charge in [0.1, 0.15) is 5.82 Å². The quantitative estimate of drug-likeness (QED) is 0.761. The van der Waals surface area contributed by atoms with Crippen molar-refractivity contribution < 1.29 is 4.39 Å². The van der Waals surface area contributed by atoms with Gasteiger partial charge in [-0.3, -0.25) is 5.32 Å². The van der Waals surface area contributed by atoms with E-state index in [2.05, 4.69) is 20.4 Å². The van der Waals surface area contributed by atoms with Crippen LogP contribution in [0.3, 0.4) is 0 Å². The summed E-state index contributed by atoms with van der Waals surface area (Å²) in [5.41, 5.74) is 7.51. The zero-order chi connectivity index (χ0) is 15.8. The molecule has 4 rings (SSSR count). The number of anilines is 1. The third-order valence-electron chi connectivity index (χ3n) is 3.56. The van der Waals surface area contributed by atoms with Crippen molar-refractivity contribution in [2.45, 2.75) is 6.17 Å². The van der Waals surface area contributed by atoms with Gasteiger partial charge in [0, 0.05) is 5.56 Å². The van der Waals surface area contributed by atoms with Crippen LogP contribution in [0.2, 0.25) is 0 Å². The van der Waals surface area contributed by atoms with E-state index in [1.165, 1.54) is 12.1 Å². The van der Waals surface area contributed by atoms with Gasteiger partial charge in [-0.2, -0.15) is 4.98 Å². The molecule has 1 aromatic heterocycles. The molecule has 0 radical (unpaired) electrons. The minimum absolute atomic E-state index is 0.249. The molecule has 1 atom stereocenters. The Morgan fingerprint density at radius 1 is 1.04 bits per heavy atom. The molecular weight excluding hydrogens is 295 g/mol. The highest BCUT2D eigenvalue weighted by Crippen LogP contribution is 2.28. The van der Waals surface area contributed by atoms with Crippen LogP contribution >= 0.6 is 0 Å². The molecule has 3 N–H and O–H groups in total. The summed E-state index contributed by atoms with van der Waals surface area (Å²) in [5, 5.41) is 7.43. The van der Waals surface area contributed by atoms with Gasteiger partial charge >= 0.3 is 0 Å². The molecule has 0 spiro atoms. The maximum Gasteiger partial charge on any atom is 0.230 e. The number of hydrogen-bond acceptors (Lipinski definition) is 5. The van der Waals surface area contributed by atoms with Crippen LogP contribution in [0.4, 0.5) is 10.3 Å². The SMILES string of the molecule is NC1=NC(c2ccc(F)cc2)n2nc(-c3ccccc3)nc2N1. The van der Waals surface area contributed by atoms with E-state index in [9.17, 15) is 4.39 Å². The zero-order valence-electron chi connectivity index (χ0n) is 12.0. The smallest absolute Gasteiger partial charge is 0.230 e. The molecule has 6 nitrogen and oxygen atoms in total. The molecule has 2 aromatic carbocycles. The first-order chi connectivity index (χ1) is 11.2. The second kappa shape index (κ2) is 5.20. The average Bonchev–Trinajstić information content (AvgIpc) is 2.99. The molecule has 1 aliphatic rings. The first-order valence-electron chi connectivity index (χ1n) is 7.08. The van der Waals surface area contributed by atoms with Crippen LogP contribution < -0.4 is 11.1 Å². The topological polar surface area (TPSA) is 81.1 Å². The fraction of sp³-hybridized carbons (Fsp3) is 0.0625. The Morgan fingerprint density at radius 3 is 2.52 bits per heavy atom. The molecule has 0 amide bonds. The summed E-state index contributed by atoms with van der Waals surface area (Å²) in [6.07, 6.45) is -0.475. The molecule has 1 aliphatic heterocycles. The van der Waals surface area contributed by atoms with E-state index < -0.39 is 6.17 Å². The van der Waals surface area contributed by atoms with E-state index in [1.54, 1.807) is 16.8 Å². The summed E-state index contributed by atoms with van der Waals surface area (Å²) >= 11 is 0. The number of nitrogens with one attached hydrogen (secondary N) is 1. The Labute approximate surface area is 131 Å². The van der Waals surface area contributed by atoms with E-state index in [4.69, 9.17) is 5.73 Å². The number of fused-ring (bicyclic) bond motifs is 1. The molecule has 0 saturated heterocycles. The van der Waals surface area contributed by atoms with Crippen LogP contribution in [0.15, 0.2) is 59.6 Å². The highest BCUT2D eigenvalue weighted by molar-refractivity contribution is 5.92. The number of rotatable bonds is 2. The van der Waals surface area contributed by atoms with Crippen LogP contribution in [-0.2, 0) is 0 Å². The van der Waals surface area contributed by atoms with E-state index in [0.29, 0.717) is 11.8 Å². The molecular formula is C16H13FN6. The van der Waals surface area contributed by atoms with Crippen LogP contribution in [-0.4, -0.2) is 20.7 Å². The van der Waals surface area contributed by atoms with Crippen LogP contribution in [0, 0.1) is 5.82 Å². The van der Waals surface area contributed by atoms with Gasteiger partial charge in [0.05, 0.1) is 0 Å². The van der Waals surface area contributed by atoms with Gasteiger partial charge in [0.25, 0.3) is 0 Å². The molecule has 23 heavy (non-hydrogen) atoms. The van der Waals surface area contributed by atoms with Gasteiger partial charge in [-0.05, 0) is 17.7 Å². The molecule has 114 valence electrons. The second-order valence-electron chi connectivity index (χ2n) is 5.13. The summed E-state index contributed by atoms with van der Waals surface area (Å²) in [6, 6.07) is 15.7. The van der Waals surface area contributed by atoms with Gasteiger partial charge in [-0.25, -0.2) is 14.1 Å². The molecule has 3 aromatic rings. The van der Waals surface area contributed by atoms with E-state index in [-0.39, 0.29) is 11.8 Å². The zero-order valence-corrected chi connectivity index (χ0v) is 12.0. The first kappa shape index (κ1) is 13.4. The standard InChI is InChI=1S/C16H13FN6/c17-12-8-6-11(7-9-12)14-20-15(18)21-16-19-13(22-23(14)16)10-4-2-1-3-5-10/h1-9,14H,(H3,18,19,20,21,22). The number of aliphatic imine (C=N–C) groups is 1. The molecule has 2 heterocycles. The number of aromatic nitrogens is 3. The van der Waals surface area contributed by atoms with Crippen molar-refractivity contribution in [2.75, 3.05) is 5.32 Å². The lowest BCUT2D eigenvalue weighted by molar-refractivity contribution is 0.540. The number of halogens is 1. The minimum atomic E-state index is -0.475.